The highest BCUT2D eigenvalue weighted by Gasteiger charge is 2.53. The van der Waals surface area contributed by atoms with Crippen molar-refractivity contribution in [1.29, 1.82) is 5.26 Å². The number of piperidine rings is 1. The standard InChI is InChI=1S/C48H58N6O5.C7H4ClNO/c1-46(2)28-47(3,4)45(46)52-42(55)38-15-14-33(26-49-38)54-19-17-29(18-20-54)21-30-22-32(23-30)50-43(56)39-25-36-37(27-53(7)44(57)41(36)51-39)35-24-31(48(5,6)58)13-16-40(35)59-34-11-9-8-10-12-34;8-7-3-6(10)2-1-5(7)4-9/h8-16,24-27,29-30,32,45,51,58H,17-23,28H2,1-7H3,(H,50,56)(H,52,55);1-3,10H. The lowest BCUT2D eigenvalue weighted by Gasteiger charge is -2.57. The third-order valence-corrected chi connectivity index (χ3v) is 14.5. The molecule has 3 aliphatic rings. The summed E-state index contributed by atoms with van der Waals surface area (Å²) in [5.74, 6) is 2.15. The third kappa shape index (κ3) is 10.8. The number of ether oxygens (including phenoxy) is 1. The summed E-state index contributed by atoms with van der Waals surface area (Å²) in [6.07, 6.45) is 9.90. The van der Waals surface area contributed by atoms with Crippen LogP contribution >= 0.6 is 11.6 Å². The molecule has 1 saturated heterocycles. The van der Waals surface area contributed by atoms with Gasteiger partial charge in [0.1, 0.15) is 40.2 Å². The van der Waals surface area contributed by atoms with Crippen molar-refractivity contribution in [3.63, 3.8) is 0 Å². The predicted octanol–water partition coefficient (Wildman–Crippen LogP) is 10.2. The second-order valence-corrected chi connectivity index (χ2v) is 21.4. The fourth-order valence-corrected chi connectivity index (χ4v) is 11.1. The van der Waals surface area contributed by atoms with Crippen LogP contribution < -0.4 is 25.8 Å². The maximum atomic E-state index is 13.7. The first kappa shape index (κ1) is 48.8. The lowest BCUT2D eigenvalue weighted by molar-refractivity contribution is -0.0367. The van der Waals surface area contributed by atoms with E-state index in [-0.39, 0.29) is 51.1 Å². The molecule has 0 unspecified atom stereocenters. The molecule has 4 heterocycles. The van der Waals surface area contributed by atoms with Crippen molar-refractivity contribution in [2.45, 2.75) is 97.8 Å². The van der Waals surface area contributed by atoms with Crippen LogP contribution in [0.15, 0.2) is 102 Å². The molecular weight excluding hydrogens is 890 g/mol. The minimum atomic E-state index is -1.11. The Morgan fingerprint density at radius 3 is 2.26 bits per heavy atom. The molecule has 6 aromatic rings. The van der Waals surface area contributed by atoms with E-state index in [1.807, 2.05) is 72.9 Å². The van der Waals surface area contributed by atoms with E-state index in [4.69, 9.17) is 26.7 Å². The van der Waals surface area contributed by atoms with Gasteiger partial charge in [-0.2, -0.15) is 5.26 Å². The first-order valence-electron chi connectivity index (χ1n) is 23.7. The molecule has 2 amide bonds. The van der Waals surface area contributed by atoms with E-state index in [1.165, 1.54) is 22.8 Å². The number of aliphatic hydroxyl groups is 1. The van der Waals surface area contributed by atoms with Gasteiger partial charge in [0.25, 0.3) is 17.4 Å². The van der Waals surface area contributed by atoms with Gasteiger partial charge in [-0.1, -0.05) is 63.6 Å². The minimum Gasteiger partial charge on any atom is -0.508 e. The van der Waals surface area contributed by atoms with Crippen molar-refractivity contribution in [3.05, 3.63) is 135 Å². The number of nitrogens with one attached hydrogen (secondary N) is 3. The van der Waals surface area contributed by atoms with Gasteiger partial charge in [0.05, 0.1) is 28.1 Å². The summed E-state index contributed by atoms with van der Waals surface area (Å²) >= 11 is 5.55. The minimum absolute atomic E-state index is 0.0731. The summed E-state index contributed by atoms with van der Waals surface area (Å²) < 4.78 is 7.83. The quantitative estimate of drug-likeness (QED) is 0.0843. The Labute approximate surface area is 408 Å². The number of hydrogen-bond donors (Lipinski definition) is 5. The van der Waals surface area contributed by atoms with Crippen LogP contribution in [0.1, 0.15) is 112 Å². The molecule has 0 spiro atoms. The number of nitrogens with zero attached hydrogens (tertiary/aromatic N) is 4. The van der Waals surface area contributed by atoms with E-state index in [1.54, 1.807) is 33.2 Å². The number of hydrogen-bond acceptors (Lipinski definition) is 9. The summed E-state index contributed by atoms with van der Waals surface area (Å²) in [7, 11) is 1.69. The van der Waals surface area contributed by atoms with Crippen LogP contribution in [0.4, 0.5) is 5.69 Å². The van der Waals surface area contributed by atoms with Crippen molar-refractivity contribution in [2.24, 2.45) is 29.7 Å². The van der Waals surface area contributed by atoms with E-state index < -0.39 is 5.60 Å². The Morgan fingerprint density at radius 1 is 0.928 bits per heavy atom. The molecule has 2 saturated carbocycles. The number of H-pyrrole nitrogens is 1. The zero-order chi connectivity index (χ0) is 49.4. The molecule has 3 aromatic carbocycles. The Kier molecular flexibility index (Phi) is 13.7. The van der Waals surface area contributed by atoms with Crippen LogP contribution in [0, 0.1) is 34.0 Å². The number of carbonyl (C=O) groups is 2. The first-order chi connectivity index (χ1) is 32.7. The number of rotatable bonds is 11. The molecule has 0 radical (unpaired) electrons. The van der Waals surface area contributed by atoms with Crippen molar-refractivity contribution in [1.82, 2.24) is 25.2 Å². The van der Waals surface area contributed by atoms with Crippen LogP contribution in [0.3, 0.4) is 0 Å². The van der Waals surface area contributed by atoms with E-state index in [2.05, 4.69) is 53.2 Å². The average molecular weight is 953 g/mol. The number of amides is 2. The second-order valence-electron chi connectivity index (χ2n) is 21.0. The highest BCUT2D eigenvalue weighted by atomic mass is 35.5. The second kappa shape index (κ2) is 19.4. The average Bonchev–Trinajstić information content (AvgIpc) is 3.75. The number of halogens is 1. The van der Waals surface area contributed by atoms with Gasteiger partial charge in [0.15, 0.2) is 0 Å². The van der Waals surface area contributed by atoms with Gasteiger partial charge in [-0.25, -0.2) is 4.98 Å². The maximum Gasteiger partial charge on any atom is 0.274 e. The molecule has 1 aliphatic heterocycles. The lowest BCUT2D eigenvalue weighted by atomic mass is 9.52. The number of fused-ring (bicyclic) bond motifs is 1. The number of anilines is 1. The Bertz CT molecular complexity index is 2940. The van der Waals surface area contributed by atoms with Gasteiger partial charge in [-0.15, -0.1) is 0 Å². The number of nitriles is 1. The number of benzene rings is 3. The van der Waals surface area contributed by atoms with Crippen LogP contribution in [-0.4, -0.2) is 61.7 Å². The number of aromatic hydroxyl groups is 1. The smallest absolute Gasteiger partial charge is 0.274 e. The third-order valence-electron chi connectivity index (χ3n) is 14.2. The Hall–Kier alpha value is -6.62. The zero-order valence-electron chi connectivity index (χ0n) is 40.4. The van der Waals surface area contributed by atoms with Crippen molar-refractivity contribution in [2.75, 3.05) is 18.0 Å². The monoisotopic (exact) mass is 951 g/mol. The van der Waals surface area contributed by atoms with Gasteiger partial charge in [-0.05, 0) is 141 Å². The molecular formula is C55H62ClN7O6. The van der Waals surface area contributed by atoms with Crippen LogP contribution in [0.2, 0.25) is 5.02 Å². The fourth-order valence-electron chi connectivity index (χ4n) is 10.9. The molecule has 3 aromatic heterocycles. The number of phenols is 1. The molecule has 14 heteroatoms. The largest absolute Gasteiger partial charge is 0.508 e. The van der Waals surface area contributed by atoms with Gasteiger partial charge in [-0.3, -0.25) is 14.4 Å². The molecule has 9 rings (SSSR count). The van der Waals surface area contributed by atoms with Gasteiger partial charge < -0.3 is 40.0 Å². The number of aromatic amines is 1. The summed E-state index contributed by atoms with van der Waals surface area (Å²) in [6.45, 7) is 14.2. The molecule has 0 bridgehead atoms. The number of pyridine rings is 2. The molecule has 69 heavy (non-hydrogen) atoms. The van der Waals surface area contributed by atoms with Gasteiger partial charge in [0, 0.05) is 54.9 Å². The van der Waals surface area contributed by atoms with Crippen molar-refractivity contribution >= 4 is 40.0 Å². The number of aryl methyl sites for hydroxylation is 1. The van der Waals surface area contributed by atoms with Crippen LogP contribution in [-0.2, 0) is 12.6 Å². The van der Waals surface area contributed by atoms with Crippen molar-refractivity contribution in [3.8, 4) is 34.4 Å². The van der Waals surface area contributed by atoms with E-state index in [9.17, 15) is 19.5 Å². The molecule has 5 N–H and O–H groups in total. The summed E-state index contributed by atoms with van der Waals surface area (Å²) in [6, 6.07) is 27.0. The number of para-hydroxylation sites is 1. The number of aromatic nitrogens is 3. The SMILES string of the molecule is Cn1cc(-c2cc(C(C)(C)O)ccc2Oc2ccccc2)c2cc(C(=O)NC3CC(CC4CCN(c5ccc(C(=O)NC6C(C)(C)CC6(C)C)nc5)CC4)C3)[nH]c2c1=O.N#Cc1ccc(O)cc1Cl. The van der Waals surface area contributed by atoms with Gasteiger partial charge >= 0.3 is 0 Å². The van der Waals surface area contributed by atoms with E-state index >= 15 is 0 Å². The molecule has 2 aliphatic carbocycles. The van der Waals surface area contributed by atoms with E-state index in [0.717, 1.165) is 57.3 Å². The molecule has 3 fully saturated rings. The maximum absolute atomic E-state index is 13.7. The van der Waals surface area contributed by atoms with E-state index in [0.29, 0.717) is 67.9 Å². The summed E-state index contributed by atoms with van der Waals surface area (Å²) in [5.41, 5.74) is 3.47. The molecule has 360 valence electrons. The predicted molar refractivity (Wildman–Crippen MR) is 270 cm³/mol. The first-order valence-corrected chi connectivity index (χ1v) is 24.1. The molecule has 13 nitrogen and oxygen atoms in total. The summed E-state index contributed by atoms with van der Waals surface area (Å²) in [5, 5.41) is 35.5. The fraction of sp³-hybridized carbons (Fsp3) is 0.400. The highest BCUT2D eigenvalue weighted by Crippen LogP contribution is 2.53. The van der Waals surface area contributed by atoms with Gasteiger partial charge in [0.2, 0.25) is 0 Å². The number of carbonyl (C=O) groups excluding carboxylic acids is 2. The zero-order valence-corrected chi connectivity index (χ0v) is 41.2. The highest BCUT2D eigenvalue weighted by molar-refractivity contribution is 6.31. The lowest BCUT2D eigenvalue weighted by Crippen LogP contribution is -2.63. The van der Waals surface area contributed by atoms with Crippen LogP contribution in [0.5, 0.6) is 17.2 Å². The number of phenolic OH excluding ortho intramolecular Hbond substituents is 1. The molecule has 0 atom stereocenters. The Morgan fingerprint density at radius 2 is 1.64 bits per heavy atom. The summed E-state index contributed by atoms with van der Waals surface area (Å²) in [4.78, 5) is 50.1. The topological polar surface area (TPSA) is 186 Å². The van der Waals surface area contributed by atoms with Crippen LogP contribution in [0.25, 0.3) is 22.0 Å². The normalized spacial score (nSPS) is 18.8. The Balaban J connectivity index is 0.000000572. The van der Waals surface area contributed by atoms with Crippen molar-refractivity contribution < 1.29 is 24.5 Å².